The Kier molecular flexibility index (Phi) is 6.10. The molecule has 9 heteroatoms. The van der Waals surface area contributed by atoms with Gasteiger partial charge in [-0.1, -0.05) is 24.6 Å². The largest absolute Gasteiger partial charge is 0.314 e. The predicted octanol–water partition coefficient (Wildman–Crippen LogP) is 5.02. The molecule has 0 bridgehead atoms. The molecule has 4 aromatic rings. The van der Waals surface area contributed by atoms with Gasteiger partial charge in [-0.05, 0) is 50.2 Å². The summed E-state index contributed by atoms with van der Waals surface area (Å²) in [5.74, 6) is 0. The lowest BCUT2D eigenvalue weighted by Gasteiger charge is -2.12. The smallest absolute Gasteiger partial charge is 0.177 e. The number of fused-ring (bicyclic) bond motifs is 2. The van der Waals surface area contributed by atoms with Crippen molar-refractivity contribution in [2.45, 2.75) is 48.8 Å². The fourth-order valence-corrected chi connectivity index (χ4v) is 5.24. The van der Waals surface area contributed by atoms with Crippen molar-refractivity contribution in [3.63, 3.8) is 0 Å². The van der Waals surface area contributed by atoms with Crippen molar-refractivity contribution in [1.82, 2.24) is 29.8 Å². The summed E-state index contributed by atoms with van der Waals surface area (Å²) in [7, 11) is 0. The molecule has 0 radical (unpaired) electrons. The van der Waals surface area contributed by atoms with Crippen LogP contribution in [0.5, 0.6) is 0 Å². The average Bonchev–Trinajstić information content (AvgIpc) is 3.27. The molecule has 3 aromatic heterocycles. The highest BCUT2D eigenvalue weighted by atomic mass is 35.5. The molecule has 0 saturated heterocycles. The lowest BCUT2D eigenvalue weighted by Crippen LogP contribution is -2.26. The molecule has 1 unspecified atom stereocenters. The second kappa shape index (κ2) is 8.73. The maximum atomic E-state index is 6.31. The third kappa shape index (κ3) is 4.15. The molecule has 6 nitrogen and oxygen atoms in total. The van der Waals surface area contributed by atoms with E-state index in [1.165, 1.54) is 0 Å². The Labute approximate surface area is 176 Å². The highest BCUT2D eigenvalue weighted by molar-refractivity contribution is 8.01. The zero-order valence-corrected chi connectivity index (χ0v) is 18.1. The fourth-order valence-electron chi connectivity index (χ4n) is 2.88. The zero-order chi connectivity index (χ0) is 19.5. The average molecular weight is 433 g/mol. The van der Waals surface area contributed by atoms with Crippen LogP contribution in [0.2, 0.25) is 5.02 Å². The van der Waals surface area contributed by atoms with E-state index in [0.717, 1.165) is 61.8 Å². The predicted molar refractivity (Wildman–Crippen MR) is 116 cm³/mol. The number of aromatic nitrogens is 5. The molecule has 0 saturated carbocycles. The first-order chi connectivity index (χ1) is 13.7. The molecule has 1 atom stereocenters. The minimum atomic E-state index is 0.531. The first-order valence-electron chi connectivity index (χ1n) is 9.28. The van der Waals surface area contributed by atoms with Crippen molar-refractivity contribution < 1.29 is 0 Å². The van der Waals surface area contributed by atoms with Gasteiger partial charge in [0.2, 0.25) is 0 Å². The van der Waals surface area contributed by atoms with Gasteiger partial charge in [0.25, 0.3) is 0 Å². The SMILES string of the molecule is CCC(C)NCCCn1c(Sc2nc3cccc(Cl)c3s2)nc2cncnc21. The number of benzene rings is 1. The van der Waals surface area contributed by atoms with Crippen molar-refractivity contribution >= 4 is 56.1 Å². The van der Waals surface area contributed by atoms with E-state index in [2.05, 4.69) is 33.7 Å². The third-order valence-corrected chi connectivity index (χ3v) is 7.15. The van der Waals surface area contributed by atoms with Gasteiger partial charge in [-0.15, -0.1) is 11.3 Å². The van der Waals surface area contributed by atoms with Gasteiger partial charge in [-0.25, -0.2) is 19.9 Å². The summed E-state index contributed by atoms with van der Waals surface area (Å²) in [6.45, 7) is 6.20. The second-order valence-electron chi connectivity index (χ2n) is 6.56. The summed E-state index contributed by atoms with van der Waals surface area (Å²) in [6, 6.07) is 6.33. The van der Waals surface area contributed by atoms with Crippen LogP contribution in [0, 0.1) is 0 Å². The molecule has 0 aliphatic heterocycles. The number of hydrogen-bond donors (Lipinski definition) is 1. The van der Waals surface area contributed by atoms with Crippen LogP contribution >= 0.6 is 34.7 Å². The first-order valence-corrected chi connectivity index (χ1v) is 11.3. The van der Waals surface area contributed by atoms with Gasteiger partial charge in [0, 0.05) is 12.6 Å². The van der Waals surface area contributed by atoms with E-state index in [1.807, 2.05) is 18.2 Å². The summed E-state index contributed by atoms with van der Waals surface area (Å²) in [4.78, 5) is 18.0. The molecule has 3 heterocycles. The minimum absolute atomic E-state index is 0.531. The molecule has 1 aromatic carbocycles. The van der Waals surface area contributed by atoms with Crippen LogP contribution in [0.4, 0.5) is 0 Å². The molecule has 1 N–H and O–H groups in total. The van der Waals surface area contributed by atoms with Crippen LogP contribution in [-0.4, -0.2) is 37.1 Å². The number of thiazole rings is 1. The van der Waals surface area contributed by atoms with Crippen LogP contribution in [-0.2, 0) is 6.54 Å². The molecule has 0 aliphatic rings. The molecule has 146 valence electrons. The Bertz CT molecular complexity index is 1090. The number of hydrogen-bond acceptors (Lipinski definition) is 7. The Hall–Kier alpha value is -1.74. The molecule has 0 amide bonds. The third-order valence-electron chi connectivity index (χ3n) is 4.56. The van der Waals surface area contributed by atoms with E-state index in [0.29, 0.717) is 6.04 Å². The number of halogens is 1. The fraction of sp³-hybridized carbons (Fsp3) is 0.368. The quantitative estimate of drug-likeness (QED) is 0.394. The van der Waals surface area contributed by atoms with Gasteiger partial charge in [0.15, 0.2) is 15.1 Å². The summed E-state index contributed by atoms with van der Waals surface area (Å²) in [5, 5.41) is 5.15. The van der Waals surface area contributed by atoms with Crippen LogP contribution in [0.1, 0.15) is 26.7 Å². The Morgan fingerprint density at radius 3 is 3.00 bits per heavy atom. The Morgan fingerprint density at radius 1 is 1.29 bits per heavy atom. The first kappa shape index (κ1) is 19.6. The van der Waals surface area contributed by atoms with Crippen molar-refractivity contribution in [3.05, 3.63) is 35.7 Å². The summed E-state index contributed by atoms with van der Waals surface area (Å²) in [6.07, 6.45) is 5.46. The van der Waals surface area contributed by atoms with Crippen LogP contribution in [0.3, 0.4) is 0 Å². The normalized spacial score (nSPS) is 12.8. The monoisotopic (exact) mass is 432 g/mol. The van der Waals surface area contributed by atoms with E-state index in [4.69, 9.17) is 21.6 Å². The van der Waals surface area contributed by atoms with Gasteiger partial charge in [-0.3, -0.25) is 0 Å². The van der Waals surface area contributed by atoms with Gasteiger partial charge >= 0.3 is 0 Å². The Morgan fingerprint density at radius 2 is 2.18 bits per heavy atom. The van der Waals surface area contributed by atoms with E-state index in [9.17, 15) is 0 Å². The van der Waals surface area contributed by atoms with Crippen LogP contribution in [0.25, 0.3) is 21.4 Å². The summed E-state index contributed by atoms with van der Waals surface area (Å²) >= 11 is 9.45. The number of nitrogens with one attached hydrogen (secondary N) is 1. The number of rotatable bonds is 8. The number of aryl methyl sites for hydroxylation is 1. The van der Waals surface area contributed by atoms with Crippen LogP contribution in [0.15, 0.2) is 40.2 Å². The lowest BCUT2D eigenvalue weighted by molar-refractivity contribution is 0.496. The second-order valence-corrected chi connectivity index (χ2v) is 9.19. The molecular formula is C19H21ClN6S2. The van der Waals surface area contributed by atoms with E-state index in [-0.39, 0.29) is 0 Å². The van der Waals surface area contributed by atoms with Crippen LogP contribution < -0.4 is 5.32 Å². The van der Waals surface area contributed by atoms with Gasteiger partial charge in [0.1, 0.15) is 11.8 Å². The zero-order valence-electron chi connectivity index (χ0n) is 15.7. The van der Waals surface area contributed by atoms with Crippen molar-refractivity contribution in [2.75, 3.05) is 6.54 Å². The van der Waals surface area contributed by atoms with Crippen molar-refractivity contribution in [3.8, 4) is 0 Å². The van der Waals surface area contributed by atoms with Gasteiger partial charge < -0.3 is 9.88 Å². The highest BCUT2D eigenvalue weighted by Crippen LogP contribution is 2.37. The summed E-state index contributed by atoms with van der Waals surface area (Å²) < 4.78 is 4.09. The van der Waals surface area contributed by atoms with E-state index >= 15 is 0 Å². The molecule has 4 rings (SSSR count). The molecule has 0 aliphatic carbocycles. The number of nitrogens with zero attached hydrogens (tertiary/aromatic N) is 5. The Balaban J connectivity index is 1.59. The molecular weight excluding hydrogens is 412 g/mol. The van der Waals surface area contributed by atoms with Crippen molar-refractivity contribution in [2.24, 2.45) is 0 Å². The number of imidazole rings is 1. The highest BCUT2D eigenvalue weighted by Gasteiger charge is 2.16. The van der Waals surface area contributed by atoms with E-state index in [1.54, 1.807) is 35.6 Å². The lowest BCUT2D eigenvalue weighted by atomic mass is 10.2. The van der Waals surface area contributed by atoms with Crippen molar-refractivity contribution in [1.29, 1.82) is 0 Å². The van der Waals surface area contributed by atoms with Gasteiger partial charge in [0.05, 0.1) is 21.4 Å². The van der Waals surface area contributed by atoms with E-state index < -0.39 is 0 Å². The van der Waals surface area contributed by atoms with Gasteiger partial charge in [-0.2, -0.15) is 0 Å². The molecule has 28 heavy (non-hydrogen) atoms. The topological polar surface area (TPSA) is 68.5 Å². The minimum Gasteiger partial charge on any atom is -0.314 e. The maximum absolute atomic E-state index is 6.31. The standard InChI is InChI=1S/C19H21ClN6S2/c1-3-12(2)22-8-5-9-26-17-15(10-21-11-23-17)24-18(26)28-19-25-14-7-4-6-13(20)16(14)27-19/h4,6-7,10-12,22H,3,5,8-9H2,1-2H3. The molecule has 0 spiro atoms. The molecule has 0 fully saturated rings. The maximum Gasteiger partial charge on any atom is 0.177 e. The summed E-state index contributed by atoms with van der Waals surface area (Å²) in [5.41, 5.74) is 2.58.